The predicted octanol–water partition coefficient (Wildman–Crippen LogP) is 3.31. The van der Waals surface area contributed by atoms with Crippen LogP contribution in [0.25, 0.3) is 0 Å². The van der Waals surface area contributed by atoms with E-state index >= 15 is 0 Å². The molecule has 20 heavy (non-hydrogen) atoms. The Hall–Kier alpha value is -1.42. The van der Waals surface area contributed by atoms with Crippen LogP contribution in [-0.2, 0) is 12.0 Å². The number of hydrogen-bond donors (Lipinski definition) is 1. The lowest BCUT2D eigenvalue weighted by atomic mass is 9.91. The van der Waals surface area contributed by atoms with Crippen LogP contribution < -0.4 is 0 Å². The molecule has 4 heteroatoms. The lowest BCUT2D eigenvalue weighted by Gasteiger charge is -2.21. The first-order valence-electron chi connectivity index (χ1n) is 7.18. The van der Waals surface area contributed by atoms with Gasteiger partial charge in [-0.05, 0) is 32.1 Å². The minimum absolute atomic E-state index is 0.0756. The number of aromatic nitrogens is 1. The van der Waals surface area contributed by atoms with E-state index in [0.717, 1.165) is 25.1 Å². The fourth-order valence-electron chi connectivity index (χ4n) is 2.00. The summed E-state index contributed by atoms with van der Waals surface area (Å²) < 4.78 is 0. The van der Waals surface area contributed by atoms with Gasteiger partial charge in [-0.1, -0.05) is 34.1 Å². The van der Waals surface area contributed by atoms with Crippen molar-refractivity contribution in [2.75, 3.05) is 13.6 Å². The minimum atomic E-state index is -0.906. The van der Waals surface area contributed by atoms with Crippen molar-refractivity contribution in [2.24, 2.45) is 0 Å². The Morgan fingerprint density at radius 2 is 2.00 bits per heavy atom. The monoisotopic (exact) mass is 278 g/mol. The topological polar surface area (TPSA) is 53.4 Å². The van der Waals surface area contributed by atoms with Gasteiger partial charge in [-0.25, -0.2) is 4.79 Å². The number of carboxylic acid groups (broad SMARTS) is 1. The summed E-state index contributed by atoms with van der Waals surface area (Å²) >= 11 is 0. The van der Waals surface area contributed by atoms with Crippen LogP contribution in [0.15, 0.2) is 12.1 Å². The maximum absolute atomic E-state index is 11.3. The molecule has 1 N–H and O–H groups in total. The lowest BCUT2D eigenvalue weighted by Crippen LogP contribution is -2.23. The zero-order valence-corrected chi connectivity index (χ0v) is 13.2. The highest BCUT2D eigenvalue weighted by Gasteiger charge is 2.20. The van der Waals surface area contributed by atoms with E-state index in [-0.39, 0.29) is 5.41 Å². The summed E-state index contributed by atoms with van der Waals surface area (Å²) in [7, 11) is 2.01. The number of pyridine rings is 1. The van der Waals surface area contributed by atoms with Gasteiger partial charge in [0.25, 0.3) is 0 Å². The smallest absolute Gasteiger partial charge is 0.337 e. The van der Waals surface area contributed by atoms with Crippen molar-refractivity contribution in [1.82, 2.24) is 9.88 Å². The average molecular weight is 278 g/mol. The molecular formula is C16H26N2O2. The van der Waals surface area contributed by atoms with E-state index in [9.17, 15) is 9.90 Å². The first kappa shape index (κ1) is 16.6. The molecule has 0 saturated heterocycles. The third kappa shape index (κ3) is 4.60. The van der Waals surface area contributed by atoms with E-state index in [1.54, 1.807) is 6.07 Å². The van der Waals surface area contributed by atoms with Gasteiger partial charge >= 0.3 is 5.97 Å². The van der Waals surface area contributed by atoms with Crippen LogP contribution in [0.5, 0.6) is 0 Å². The van der Waals surface area contributed by atoms with Crippen LogP contribution in [0, 0.1) is 0 Å². The maximum Gasteiger partial charge on any atom is 0.337 e. The Kier molecular flexibility index (Phi) is 5.69. The largest absolute Gasteiger partial charge is 0.478 e. The molecule has 0 bridgehead atoms. The fraction of sp³-hybridized carbons (Fsp3) is 0.625. The molecule has 1 aromatic rings. The Labute approximate surface area is 121 Å². The predicted molar refractivity (Wildman–Crippen MR) is 81.1 cm³/mol. The molecule has 0 aromatic carbocycles. The van der Waals surface area contributed by atoms with Gasteiger partial charge in [0.1, 0.15) is 0 Å². The molecule has 1 rings (SSSR count). The molecule has 0 spiro atoms. The van der Waals surface area contributed by atoms with E-state index in [1.807, 2.05) is 13.1 Å². The zero-order chi connectivity index (χ0) is 15.3. The number of carboxylic acids is 1. The Balaban J connectivity index is 3.03. The van der Waals surface area contributed by atoms with Gasteiger partial charge in [0, 0.05) is 17.7 Å². The van der Waals surface area contributed by atoms with Gasteiger partial charge < -0.3 is 10.0 Å². The van der Waals surface area contributed by atoms with Gasteiger partial charge in [-0.2, -0.15) is 0 Å². The van der Waals surface area contributed by atoms with Crippen LogP contribution in [0.2, 0.25) is 0 Å². The van der Waals surface area contributed by atoms with Gasteiger partial charge in [0.05, 0.1) is 11.3 Å². The number of nitrogens with zero attached hydrogens (tertiary/aromatic N) is 2. The van der Waals surface area contributed by atoms with Crippen molar-refractivity contribution < 1.29 is 9.90 Å². The van der Waals surface area contributed by atoms with Gasteiger partial charge in [0.2, 0.25) is 0 Å². The van der Waals surface area contributed by atoms with Crippen molar-refractivity contribution in [3.8, 4) is 0 Å². The van der Waals surface area contributed by atoms with Gasteiger partial charge in [-0.3, -0.25) is 4.98 Å². The minimum Gasteiger partial charge on any atom is -0.478 e. The summed E-state index contributed by atoms with van der Waals surface area (Å²) in [5.41, 5.74) is 1.82. The van der Waals surface area contributed by atoms with Gasteiger partial charge in [-0.15, -0.1) is 0 Å². The average Bonchev–Trinajstić information content (AvgIpc) is 2.34. The number of carbonyl (C=O) groups is 1. The number of hydrogen-bond acceptors (Lipinski definition) is 3. The highest BCUT2D eigenvalue weighted by atomic mass is 16.4. The van der Waals surface area contributed by atoms with Crippen molar-refractivity contribution in [2.45, 2.75) is 52.5 Å². The molecule has 0 aliphatic heterocycles. The standard InChI is InChI=1S/C16H26N2O2/c1-6-7-10-18(5)11-13-12(15(19)20)8-9-14(17-13)16(2,3)4/h8-9H,6-7,10-11H2,1-5H3,(H,19,20). The molecule has 0 fully saturated rings. The summed E-state index contributed by atoms with van der Waals surface area (Å²) in [6, 6.07) is 3.50. The van der Waals surface area contributed by atoms with Crippen molar-refractivity contribution in [1.29, 1.82) is 0 Å². The molecule has 1 heterocycles. The molecule has 0 amide bonds. The second kappa shape index (κ2) is 6.84. The number of aromatic carboxylic acids is 1. The lowest BCUT2D eigenvalue weighted by molar-refractivity contribution is 0.0694. The number of rotatable bonds is 6. The molecule has 0 saturated carbocycles. The molecule has 0 atom stereocenters. The Morgan fingerprint density at radius 3 is 2.50 bits per heavy atom. The molecule has 112 valence electrons. The second-order valence-electron chi connectivity index (χ2n) is 6.34. The molecule has 4 nitrogen and oxygen atoms in total. The summed E-state index contributed by atoms with van der Waals surface area (Å²) in [6.07, 6.45) is 2.24. The fourth-order valence-corrected chi connectivity index (χ4v) is 2.00. The normalized spacial score (nSPS) is 11.9. The summed E-state index contributed by atoms with van der Waals surface area (Å²) in [5, 5.41) is 9.29. The molecule has 0 radical (unpaired) electrons. The first-order chi connectivity index (χ1) is 9.25. The van der Waals surface area contributed by atoms with Crippen molar-refractivity contribution in [3.05, 3.63) is 29.1 Å². The molecule has 0 aliphatic rings. The second-order valence-corrected chi connectivity index (χ2v) is 6.34. The summed E-state index contributed by atoms with van der Waals surface area (Å²) in [5.74, 6) is -0.906. The van der Waals surface area contributed by atoms with Crippen LogP contribution in [-0.4, -0.2) is 34.6 Å². The third-order valence-corrected chi connectivity index (χ3v) is 3.29. The SMILES string of the molecule is CCCCN(C)Cc1nc(C(C)(C)C)ccc1C(=O)O. The maximum atomic E-state index is 11.3. The highest BCUT2D eigenvalue weighted by Crippen LogP contribution is 2.22. The van der Waals surface area contributed by atoms with Crippen LogP contribution in [0.1, 0.15) is 62.3 Å². The van der Waals surface area contributed by atoms with Crippen LogP contribution in [0.4, 0.5) is 0 Å². The van der Waals surface area contributed by atoms with Crippen LogP contribution in [0.3, 0.4) is 0 Å². The third-order valence-electron chi connectivity index (χ3n) is 3.29. The van der Waals surface area contributed by atoms with Crippen LogP contribution >= 0.6 is 0 Å². The summed E-state index contributed by atoms with van der Waals surface area (Å²) in [4.78, 5) is 18.0. The Bertz CT molecular complexity index is 464. The number of unbranched alkanes of at least 4 members (excludes halogenated alkanes) is 1. The van der Waals surface area contributed by atoms with Crippen molar-refractivity contribution >= 4 is 5.97 Å². The summed E-state index contributed by atoms with van der Waals surface area (Å²) in [6.45, 7) is 9.93. The molecular weight excluding hydrogens is 252 g/mol. The first-order valence-corrected chi connectivity index (χ1v) is 7.18. The van der Waals surface area contributed by atoms with E-state index in [4.69, 9.17) is 0 Å². The zero-order valence-electron chi connectivity index (χ0n) is 13.2. The molecule has 1 aromatic heterocycles. The van der Waals surface area contributed by atoms with Crippen molar-refractivity contribution in [3.63, 3.8) is 0 Å². The Morgan fingerprint density at radius 1 is 1.35 bits per heavy atom. The van der Waals surface area contributed by atoms with Gasteiger partial charge in [0.15, 0.2) is 0 Å². The van der Waals surface area contributed by atoms with E-state index in [2.05, 4.69) is 37.6 Å². The highest BCUT2D eigenvalue weighted by molar-refractivity contribution is 5.88. The van der Waals surface area contributed by atoms with E-state index in [1.165, 1.54) is 0 Å². The molecule has 0 unspecified atom stereocenters. The molecule has 0 aliphatic carbocycles. The van der Waals surface area contributed by atoms with E-state index in [0.29, 0.717) is 17.8 Å². The van der Waals surface area contributed by atoms with E-state index < -0.39 is 5.97 Å². The quantitative estimate of drug-likeness (QED) is 0.867.